The first-order chi connectivity index (χ1) is 29.6. The molecule has 6 rings (SSSR count). The van der Waals surface area contributed by atoms with Crippen LogP contribution in [0.5, 0.6) is 0 Å². The lowest BCUT2D eigenvalue weighted by molar-refractivity contribution is -0.415. The average molecular weight is 927 g/mol. The highest BCUT2D eigenvalue weighted by Gasteiger charge is 2.58. The Morgan fingerprint density at radius 1 is 0.286 bits per heavy atom. The van der Waals surface area contributed by atoms with E-state index in [1.807, 2.05) is 0 Å². The second kappa shape index (κ2) is 21.1. The molecule has 0 aromatic heterocycles. The van der Waals surface area contributed by atoms with Gasteiger partial charge < -0.3 is 134 Å². The van der Waals surface area contributed by atoms with Crippen molar-refractivity contribution >= 4 is 0 Å². The van der Waals surface area contributed by atoms with Crippen LogP contribution in [0.3, 0.4) is 0 Å². The summed E-state index contributed by atoms with van der Waals surface area (Å²) < 4.78 is 63.9. The number of hydrogen-bond donors (Lipinski definition) is 16. The summed E-state index contributed by atoms with van der Waals surface area (Å²) in [5.41, 5.74) is 0. The monoisotopic (exact) mass is 926 g/mol. The lowest BCUT2D eigenvalue weighted by atomic mass is 9.95. The SMILES string of the molecule is C[C@@H]1O[C@@H](O[C@@H]2[C@@H](O)[C@H](C)O[C@@H](O[C@H]3[C@H](O[C@@H]4[C@@H](O)[C@H](C)O[C@@H](O)[C@@H]4O[C@@H]4O[C@H](CO)[C@@H](O)[C@H](O)[C@@H]4O)O[C@@H](C)[C@H](O)[C@H]3O)[C@@H]2O[C@@H]2O[C@H](CO)[C@@H](O)[C@H](O)[C@H]2O)[C@H](O)[C@H](O)[C@H]1O. The van der Waals surface area contributed by atoms with Gasteiger partial charge in [-0.05, 0) is 27.7 Å². The first-order valence-corrected chi connectivity index (χ1v) is 20.6. The molecule has 6 aliphatic heterocycles. The van der Waals surface area contributed by atoms with Crippen molar-refractivity contribution in [2.24, 2.45) is 0 Å². The van der Waals surface area contributed by atoms with Gasteiger partial charge in [0.1, 0.15) is 122 Å². The lowest BCUT2D eigenvalue weighted by Gasteiger charge is -2.51. The lowest BCUT2D eigenvalue weighted by Crippen LogP contribution is -2.68. The molecule has 16 N–H and O–H groups in total. The first-order valence-electron chi connectivity index (χ1n) is 20.6. The van der Waals surface area contributed by atoms with Crippen molar-refractivity contribution in [3.63, 3.8) is 0 Å². The van der Waals surface area contributed by atoms with Gasteiger partial charge in [-0.15, -0.1) is 0 Å². The molecule has 368 valence electrons. The summed E-state index contributed by atoms with van der Waals surface area (Å²) >= 11 is 0. The molecule has 0 aliphatic carbocycles. The van der Waals surface area contributed by atoms with E-state index in [1.165, 1.54) is 27.7 Å². The molecule has 0 spiro atoms. The second-order valence-corrected chi connectivity index (χ2v) is 16.7. The van der Waals surface area contributed by atoms with E-state index in [0.717, 1.165) is 0 Å². The van der Waals surface area contributed by atoms with Gasteiger partial charge in [0.2, 0.25) is 0 Å². The van der Waals surface area contributed by atoms with Gasteiger partial charge in [0.25, 0.3) is 0 Å². The first kappa shape index (κ1) is 51.3. The van der Waals surface area contributed by atoms with E-state index in [1.54, 1.807) is 0 Å². The Hall–Kier alpha value is -1.08. The molecule has 0 aromatic rings. The number of aliphatic hydroxyl groups is 16. The summed E-state index contributed by atoms with van der Waals surface area (Å²) in [6, 6.07) is 0. The summed E-state index contributed by atoms with van der Waals surface area (Å²) in [6.45, 7) is 3.60. The average Bonchev–Trinajstić information content (AvgIpc) is 3.25. The minimum absolute atomic E-state index is 0.842. The maximum absolute atomic E-state index is 11.6. The highest BCUT2D eigenvalue weighted by atomic mass is 16.8. The van der Waals surface area contributed by atoms with Crippen LogP contribution in [0.4, 0.5) is 0 Å². The number of ether oxygens (including phenoxy) is 11. The molecule has 30 atom stereocenters. The molecule has 6 fully saturated rings. The maximum Gasteiger partial charge on any atom is 0.187 e. The van der Waals surface area contributed by atoms with Crippen molar-refractivity contribution in [3.8, 4) is 0 Å². The Labute approximate surface area is 358 Å². The van der Waals surface area contributed by atoms with E-state index in [9.17, 15) is 81.7 Å². The molecule has 0 saturated carbocycles. The topological polar surface area (TPSA) is 425 Å². The van der Waals surface area contributed by atoms with Crippen LogP contribution in [0.2, 0.25) is 0 Å². The fourth-order valence-electron chi connectivity index (χ4n) is 8.22. The predicted octanol–water partition coefficient (Wildman–Crippen LogP) is -9.99. The number of hydrogen-bond acceptors (Lipinski definition) is 27. The minimum Gasteiger partial charge on any atom is -0.394 e. The molecule has 6 saturated heterocycles. The number of rotatable bonds is 12. The Balaban J connectivity index is 1.33. The summed E-state index contributed by atoms with van der Waals surface area (Å²) in [4.78, 5) is 0. The van der Waals surface area contributed by atoms with Crippen LogP contribution >= 0.6 is 0 Å². The Morgan fingerprint density at radius 3 is 1.10 bits per heavy atom. The standard InChI is InChI=1S/C36H62O27/c1-7-13(39)19(45)23(49)32(54-7)59-27-16(42)10(4)56-36(30(27)63-34-25(51)21(47)18(44)12(6-38)58-34)61-28-22(48)14(40)8(2)55-35(28)60-26-15(41)9(3)53-31(52)29(26)62-33-24(50)20(46)17(43)11(5-37)57-33/h7-52H,5-6H2,1-4H3/t7-,8-,9-,10-,11+,12+,13-,14-,15-,16-,17+,18+,19+,20-,21-,22+,23+,24-,25+,26+,27+,28+,29+,30+,31+,32-,33-,34-,35-,36-/m0/s1. The third-order valence-corrected chi connectivity index (χ3v) is 12.3. The molecule has 0 amide bonds. The fraction of sp³-hybridized carbons (Fsp3) is 1.00. The molecule has 0 unspecified atom stereocenters. The van der Waals surface area contributed by atoms with Crippen molar-refractivity contribution in [2.75, 3.05) is 13.2 Å². The molecule has 63 heavy (non-hydrogen) atoms. The molecule has 6 heterocycles. The van der Waals surface area contributed by atoms with E-state index in [-0.39, 0.29) is 0 Å². The summed E-state index contributed by atoms with van der Waals surface area (Å²) in [5, 5.41) is 171. The van der Waals surface area contributed by atoms with Gasteiger partial charge in [0.15, 0.2) is 37.7 Å². The minimum atomic E-state index is -2.07. The van der Waals surface area contributed by atoms with Gasteiger partial charge in [-0.2, -0.15) is 0 Å². The van der Waals surface area contributed by atoms with Crippen LogP contribution in [0.15, 0.2) is 0 Å². The molecule has 6 aliphatic rings. The Bertz CT molecular complexity index is 1440. The zero-order valence-electron chi connectivity index (χ0n) is 34.4. The summed E-state index contributed by atoms with van der Waals surface area (Å²) in [7, 11) is 0. The van der Waals surface area contributed by atoms with E-state index < -0.39 is 197 Å². The van der Waals surface area contributed by atoms with Crippen LogP contribution in [0.1, 0.15) is 27.7 Å². The van der Waals surface area contributed by atoms with E-state index >= 15 is 0 Å². The third kappa shape index (κ3) is 10.4. The second-order valence-electron chi connectivity index (χ2n) is 16.7. The molecule has 0 bridgehead atoms. The smallest absolute Gasteiger partial charge is 0.187 e. The van der Waals surface area contributed by atoms with Crippen LogP contribution < -0.4 is 0 Å². The summed E-state index contributed by atoms with van der Waals surface area (Å²) in [6.07, 6.45) is -52.9. The van der Waals surface area contributed by atoms with Gasteiger partial charge in [-0.1, -0.05) is 0 Å². The highest BCUT2D eigenvalue weighted by molar-refractivity contribution is 4.99. The van der Waals surface area contributed by atoms with Crippen LogP contribution in [-0.4, -0.2) is 279 Å². The Kier molecular flexibility index (Phi) is 17.2. The molecule has 27 nitrogen and oxygen atoms in total. The largest absolute Gasteiger partial charge is 0.394 e. The summed E-state index contributed by atoms with van der Waals surface area (Å²) in [5.74, 6) is 0. The normalized spacial score (nSPS) is 56.0. The Morgan fingerprint density at radius 2 is 0.603 bits per heavy atom. The van der Waals surface area contributed by atoms with Gasteiger partial charge in [-0.3, -0.25) is 0 Å². The van der Waals surface area contributed by atoms with Gasteiger partial charge in [0, 0.05) is 0 Å². The van der Waals surface area contributed by atoms with Crippen molar-refractivity contribution in [2.45, 2.75) is 212 Å². The molecule has 27 heteroatoms. The fourth-order valence-corrected chi connectivity index (χ4v) is 8.22. The number of aliphatic hydroxyl groups excluding tert-OH is 16. The van der Waals surface area contributed by atoms with Crippen molar-refractivity contribution < 1.29 is 134 Å². The highest BCUT2D eigenvalue weighted by Crippen LogP contribution is 2.38. The van der Waals surface area contributed by atoms with E-state index in [0.29, 0.717) is 0 Å². The zero-order chi connectivity index (χ0) is 46.5. The van der Waals surface area contributed by atoms with Crippen molar-refractivity contribution in [1.29, 1.82) is 0 Å². The van der Waals surface area contributed by atoms with Gasteiger partial charge in [0.05, 0.1) is 37.6 Å². The van der Waals surface area contributed by atoms with Crippen LogP contribution in [-0.2, 0) is 52.1 Å². The quantitative estimate of drug-likeness (QED) is 0.0864. The molecule has 0 aromatic carbocycles. The molecule has 0 radical (unpaired) electrons. The van der Waals surface area contributed by atoms with E-state index in [2.05, 4.69) is 0 Å². The van der Waals surface area contributed by atoms with Gasteiger partial charge >= 0.3 is 0 Å². The van der Waals surface area contributed by atoms with Crippen molar-refractivity contribution in [1.82, 2.24) is 0 Å². The van der Waals surface area contributed by atoms with E-state index in [4.69, 9.17) is 52.1 Å². The van der Waals surface area contributed by atoms with Crippen LogP contribution in [0, 0.1) is 0 Å². The maximum atomic E-state index is 11.6. The van der Waals surface area contributed by atoms with Crippen LogP contribution in [0.25, 0.3) is 0 Å². The predicted molar refractivity (Wildman–Crippen MR) is 194 cm³/mol. The van der Waals surface area contributed by atoms with Gasteiger partial charge in [-0.25, -0.2) is 0 Å². The van der Waals surface area contributed by atoms with Crippen molar-refractivity contribution in [3.05, 3.63) is 0 Å². The molecular formula is C36H62O27. The zero-order valence-corrected chi connectivity index (χ0v) is 34.4. The molecular weight excluding hydrogens is 864 g/mol. The third-order valence-electron chi connectivity index (χ3n) is 12.3.